The zero-order valence-electron chi connectivity index (χ0n) is 13.1. The molecule has 0 aliphatic carbocycles. The van der Waals surface area contributed by atoms with Gasteiger partial charge in [-0.1, -0.05) is 41.1 Å². The van der Waals surface area contributed by atoms with E-state index >= 15 is 0 Å². The van der Waals surface area contributed by atoms with Crippen LogP contribution in [0.25, 0.3) is 0 Å². The van der Waals surface area contributed by atoms with Crippen molar-refractivity contribution in [3.63, 3.8) is 0 Å². The third kappa shape index (κ3) is 6.41. The lowest BCUT2D eigenvalue weighted by molar-refractivity contribution is -0.151. The second-order valence-corrected chi connectivity index (χ2v) is 7.90. The molecule has 0 aliphatic heterocycles. The van der Waals surface area contributed by atoms with Crippen LogP contribution in [0.2, 0.25) is 0 Å². The first-order chi connectivity index (χ1) is 9.74. The summed E-state index contributed by atoms with van der Waals surface area (Å²) >= 11 is 5.11. The molecule has 0 aromatic heterocycles. The van der Waals surface area contributed by atoms with E-state index < -0.39 is 5.60 Å². The maximum Gasteiger partial charge on any atom is 0.316 e. The van der Waals surface area contributed by atoms with Crippen molar-refractivity contribution in [1.82, 2.24) is 0 Å². The minimum absolute atomic E-state index is 0.00358. The normalized spacial score (nSPS) is 14.6. The Morgan fingerprint density at radius 1 is 1.38 bits per heavy atom. The van der Waals surface area contributed by atoms with Gasteiger partial charge in [-0.05, 0) is 38.8 Å². The first-order valence-corrected chi connectivity index (χ1v) is 8.92. The monoisotopic (exact) mass is 373 g/mol. The van der Waals surface area contributed by atoms with Gasteiger partial charge >= 0.3 is 5.97 Å². The van der Waals surface area contributed by atoms with Crippen LogP contribution in [0.4, 0.5) is 0 Å². The van der Waals surface area contributed by atoms with E-state index in [1.807, 2.05) is 45.0 Å². The van der Waals surface area contributed by atoms with E-state index in [4.69, 9.17) is 10.5 Å². The third-order valence-electron chi connectivity index (χ3n) is 2.87. The SMILES string of the molecule is CCC(N)C(SCC(=O)OC(C)(C)C)c1ccccc1Br. The van der Waals surface area contributed by atoms with Crippen molar-refractivity contribution in [3.8, 4) is 0 Å². The first-order valence-electron chi connectivity index (χ1n) is 7.08. The van der Waals surface area contributed by atoms with Crippen molar-refractivity contribution in [1.29, 1.82) is 0 Å². The van der Waals surface area contributed by atoms with Gasteiger partial charge in [0.05, 0.1) is 5.75 Å². The number of hydrogen-bond donors (Lipinski definition) is 1. The standard InChI is InChI=1S/C16H24BrNO2S/c1-5-13(18)15(11-8-6-7-9-12(11)17)21-10-14(19)20-16(2,3)4/h6-9,13,15H,5,10,18H2,1-4H3. The summed E-state index contributed by atoms with van der Waals surface area (Å²) in [6.45, 7) is 7.68. The van der Waals surface area contributed by atoms with E-state index in [0.29, 0.717) is 5.75 Å². The molecule has 0 saturated carbocycles. The molecule has 5 heteroatoms. The van der Waals surface area contributed by atoms with Crippen LogP contribution in [-0.2, 0) is 9.53 Å². The number of esters is 1. The lowest BCUT2D eigenvalue weighted by Gasteiger charge is -2.25. The molecule has 0 saturated heterocycles. The van der Waals surface area contributed by atoms with Crippen molar-refractivity contribution >= 4 is 33.7 Å². The van der Waals surface area contributed by atoms with E-state index in [0.717, 1.165) is 16.5 Å². The first kappa shape index (κ1) is 18.5. The highest BCUT2D eigenvalue weighted by Crippen LogP contribution is 2.36. The fraction of sp³-hybridized carbons (Fsp3) is 0.562. The molecule has 0 aliphatic rings. The van der Waals surface area contributed by atoms with Crippen LogP contribution >= 0.6 is 27.7 Å². The third-order valence-corrected chi connectivity index (χ3v) is 4.96. The van der Waals surface area contributed by atoms with E-state index in [1.165, 1.54) is 0 Å². The van der Waals surface area contributed by atoms with Gasteiger partial charge in [0.25, 0.3) is 0 Å². The number of rotatable bonds is 6. The van der Waals surface area contributed by atoms with Crippen molar-refractivity contribution < 1.29 is 9.53 Å². The number of thioether (sulfide) groups is 1. The number of nitrogens with two attached hydrogens (primary N) is 1. The van der Waals surface area contributed by atoms with Crippen molar-refractivity contribution in [3.05, 3.63) is 34.3 Å². The van der Waals surface area contributed by atoms with Crippen LogP contribution < -0.4 is 5.73 Å². The number of halogens is 1. The van der Waals surface area contributed by atoms with E-state index in [1.54, 1.807) is 11.8 Å². The maximum atomic E-state index is 11.9. The van der Waals surface area contributed by atoms with Gasteiger partial charge in [0, 0.05) is 15.8 Å². The highest BCUT2D eigenvalue weighted by Gasteiger charge is 2.24. The van der Waals surface area contributed by atoms with E-state index in [-0.39, 0.29) is 17.3 Å². The molecule has 0 fully saturated rings. The zero-order chi connectivity index (χ0) is 16.0. The van der Waals surface area contributed by atoms with Crippen LogP contribution in [0.5, 0.6) is 0 Å². The summed E-state index contributed by atoms with van der Waals surface area (Å²) in [6, 6.07) is 8.01. The Balaban J connectivity index is 2.77. The Kier molecular flexibility index (Phi) is 7.24. The molecule has 0 amide bonds. The minimum atomic E-state index is -0.451. The molecule has 2 N–H and O–H groups in total. The van der Waals surface area contributed by atoms with Crippen LogP contribution in [0.15, 0.2) is 28.7 Å². The van der Waals surface area contributed by atoms with E-state index in [9.17, 15) is 4.79 Å². The van der Waals surface area contributed by atoms with Crippen LogP contribution in [0, 0.1) is 0 Å². The number of carbonyl (C=O) groups is 1. The number of hydrogen-bond acceptors (Lipinski definition) is 4. The molecule has 0 radical (unpaired) electrons. The molecule has 0 bridgehead atoms. The Bertz CT molecular complexity index is 474. The fourth-order valence-electron chi connectivity index (χ4n) is 1.89. The Morgan fingerprint density at radius 2 is 2.00 bits per heavy atom. The molecule has 2 unspecified atom stereocenters. The topological polar surface area (TPSA) is 52.3 Å². The highest BCUT2D eigenvalue weighted by atomic mass is 79.9. The van der Waals surface area contributed by atoms with Crippen molar-refractivity contribution in [2.45, 2.75) is 51.0 Å². The largest absolute Gasteiger partial charge is 0.459 e. The summed E-state index contributed by atoms with van der Waals surface area (Å²) in [6.07, 6.45) is 0.854. The molecule has 0 spiro atoms. The molecule has 1 rings (SSSR count). The van der Waals surface area contributed by atoms with Gasteiger partial charge < -0.3 is 10.5 Å². The van der Waals surface area contributed by atoms with Crippen molar-refractivity contribution in [2.24, 2.45) is 5.73 Å². The van der Waals surface area contributed by atoms with Gasteiger partial charge in [-0.25, -0.2) is 0 Å². The van der Waals surface area contributed by atoms with Gasteiger partial charge in [0.15, 0.2) is 0 Å². The van der Waals surface area contributed by atoms with Gasteiger partial charge in [0.2, 0.25) is 0 Å². The minimum Gasteiger partial charge on any atom is -0.459 e. The number of carbonyl (C=O) groups excluding carboxylic acids is 1. The van der Waals surface area contributed by atoms with Crippen LogP contribution in [0.3, 0.4) is 0 Å². The Hall–Kier alpha value is -0.520. The van der Waals surface area contributed by atoms with Gasteiger partial charge in [-0.3, -0.25) is 4.79 Å². The van der Waals surface area contributed by atoms with E-state index in [2.05, 4.69) is 22.9 Å². The quantitative estimate of drug-likeness (QED) is 0.755. The molecular formula is C16H24BrNO2S. The number of benzene rings is 1. The second-order valence-electron chi connectivity index (χ2n) is 5.91. The average molecular weight is 374 g/mol. The Morgan fingerprint density at radius 3 is 2.52 bits per heavy atom. The maximum absolute atomic E-state index is 11.9. The summed E-state index contributed by atoms with van der Waals surface area (Å²) < 4.78 is 6.38. The summed E-state index contributed by atoms with van der Waals surface area (Å²) in [7, 11) is 0. The molecule has 21 heavy (non-hydrogen) atoms. The molecule has 3 nitrogen and oxygen atoms in total. The van der Waals surface area contributed by atoms with Gasteiger partial charge in [-0.15, -0.1) is 11.8 Å². The van der Waals surface area contributed by atoms with Gasteiger partial charge in [0.1, 0.15) is 5.60 Å². The molecule has 1 aromatic carbocycles. The average Bonchev–Trinajstić information content (AvgIpc) is 2.38. The highest BCUT2D eigenvalue weighted by molar-refractivity contribution is 9.10. The predicted molar refractivity (Wildman–Crippen MR) is 93.5 cm³/mol. The molecule has 2 atom stereocenters. The molecule has 118 valence electrons. The molecule has 0 heterocycles. The lowest BCUT2D eigenvalue weighted by Crippen LogP contribution is -2.28. The van der Waals surface area contributed by atoms with Crippen LogP contribution in [-0.4, -0.2) is 23.4 Å². The summed E-state index contributed by atoms with van der Waals surface area (Å²) in [4.78, 5) is 11.9. The fourth-order valence-corrected chi connectivity index (χ4v) is 3.77. The second kappa shape index (κ2) is 8.20. The Labute approximate surface area is 140 Å². The predicted octanol–water partition coefficient (Wildman–Crippen LogP) is 4.30. The summed E-state index contributed by atoms with van der Waals surface area (Å²) in [5, 5.41) is 0.0677. The number of ether oxygens (including phenoxy) is 1. The summed E-state index contributed by atoms with van der Waals surface area (Å²) in [5.41, 5.74) is 6.91. The van der Waals surface area contributed by atoms with Crippen LogP contribution in [0.1, 0.15) is 44.9 Å². The summed E-state index contributed by atoms with van der Waals surface area (Å²) in [5.74, 6) is 0.101. The van der Waals surface area contributed by atoms with Crippen molar-refractivity contribution in [2.75, 3.05) is 5.75 Å². The lowest BCUT2D eigenvalue weighted by atomic mass is 10.0. The smallest absolute Gasteiger partial charge is 0.316 e. The van der Waals surface area contributed by atoms with Gasteiger partial charge in [-0.2, -0.15) is 0 Å². The zero-order valence-corrected chi connectivity index (χ0v) is 15.5. The molecule has 1 aromatic rings. The molecular weight excluding hydrogens is 350 g/mol.